The molecule has 0 saturated carbocycles. The topological polar surface area (TPSA) is 52.3 Å². The lowest BCUT2D eigenvalue weighted by atomic mass is 10.0. The number of carbonyl (C=O) groups excluding carboxylic acids is 1. The van der Waals surface area contributed by atoms with Crippen molar-refractivity contribution in [3.8, 4) is 0 Å². The van der Waals surface area contributed by atoms with Crippen LogP contribution in [-0.2, 0) is 9.53 Å². The molecule has 1 aliphatic heterocycles. The van der Waals surface area contributed by atoms with Crippen LogP contribution >= 0.6 is 11.6 Å². The van der Waals surface area contributed by atoms with Crippen molar-refractivity contribution in [1.82, 2.24) is 0 Å². The molecule has 2 N–H and O–H groups in total. The van der Waals surface area contributed by atoms with Crippen molar-refractivity contribution in [3.05, 3.63) is 41.5 Å². The Kier molecular flexibility index (Phi) is 4.39. The molecule has 1 heterocycles. The molecule has 0 aromatic heterocycles. The summed E-state index contributed by atoms with van der Waals surface area (Å²) in [5.41, 5.74) is 6.68. The van der Waals surface area contributed by atoms with Crippen LogP contribution in [0.25, 0.3) is 5.03 Å². The minimum Gasteiger partial charge on any atom is -0.378 e. The van der Waals surface area contributed by atoms with E-state index in [1.54, 1.807) is 0 Å². The molecule has 0 aliphatic carbocycles. The highest BCUT2D eigenvalue weighted by atomic mass is 35.5. The van der Waals surface area contributed by atoms with Crippen molar-refractivity contribution in [3.63, 3.8) is 0 Å². The second-order valence-corrected chi connectivity index (χ2v) is 4.74. The van der Waals surface area contributed by atoms with E-state index in [2.05, 4.69) is 0 Å². The van der Waals surface area contributed by atoms with Crippen LogP contribution in [-0.4, -0.2) is 18.6 Å². The number of halogens is 1. The van der Waals surface area contributed by atoms with Crippen LogP contribution in [0.2, 0.25) is 0 Å². The first-order chi connectivity index (χ1) is 8.68. The summed E-state index contributed by atoms with van der Waals surface area (Å²) in [6, 6.07) is 9.38. The van der Waals surface area contributed by atoms with E-state index in [1.807, 2.05) is 30.3 Å². The van der Waals surface area contributed by atoms with Gasteiger partial charge in [0.2, 0.25) is 5.91 Å². The van der Waals surface area contributed by atoms with Crippen LogP contribution in [0, 0.1) is 0 Å². The molecule has 1 saturated heterocycles. The number of nitrogens with two attached hydrogens (primary N) is 1. The molecule has 1 atom stereocenters. The minimum absolute atomic E-state index is 0.0602. The fourth-order valence-electron chi connectivity index (χ4n) is 2.09. The molecule has 4 heteroatoms. The van der Waals surface area contributed by atoms with Crippen molar-refractivity contribution in [2.75, 3.05) is 6.61 Å². The number of carbonyl (C=O) groups is 1. The molecule has 1 unspecified atom stereocenters. The van der Waals surface area contributed by atoms with Crippen molar-refractivity contribution in [2.24, 2.45) is 5.73 Å². The van der Waals surface area contributed by atoms with Gasteiger partial charge < -0.3 is 10.5 Å². The Morgan fingerprint density at radius 2 is 2.11 bits per heavy atom. The molecule has 1 aromatic carbocycles. The maximum atomic E-state index is 11.5. The predicted octanol–water partition coefficient (Wildman–Crippen LogP) is 2.69. The van der Waals surface area contributed by atoms with E-state index in [-0.39, 0.29) is 6.10 Å². The Balaban J connectivity index is 2.25. The van der Waals surface area contributed by atoms with Gasteiger partial charge >= 0.3 is 0 Å². The number of ether oxygens (including phenoxy) is 1. The molecule has 1 amide bonds. The molecule has 0 radical (unpaired) electrons. The Morgan fingerprint density at radius 1 is 1.39 bits per heavy atom. The van der Waals surface area contributed by atoms with Gasteiger partial charge in [0.25, 0.3) is 0 Å². The van der Waals surface area contributed by atoms with Gasteiger partial charge in [0.15, 0.2) is 0 Å². The summed E-state index contributed by atoms with van der Waals surface area (Å²) >= 11 is 6.27. The van der Waals surface area contributed by atoms with Gasteiger partial charge in [0.1, 0.15) is 0 Å². The maximum absolute atomic E-state index is 11.5. The molecular formula is C14H16ClNO2. The molecule has 2 rings (SSSR count). The van der Waals surface area contributed by atoms with E-state index in [1.165, 1.54) is 0 Å². The lowest BCUT2D eigenvalue weighted by Gasteiger charge is -2.12. The van der Waals surface area contributed by atoms with Gasteiger partial charge in [-0.3, -0.25) is 4.79 Å². The number of hydrogen-bond acceptors (Lipinski definition) is 2. The van der Waals surface area contributed by atoms with Crippen molar-refractivity contribution in [2.45, 2.75) is 25.4 Å². The van der Waals surface area contributed by atoms with Crippen LogP contribution in [0.5, 0.6) is 0 Å². The second-order valence-electron chi connectivity index (χ2n) is 4.36. The third kappa shape index (κ3) is 3.12. The predicted molar refractivity (Wildman–Crippen MR) is 72.0 cm³/mol. The Labute approximate surface area is 112 Å². The molecule has 3 nitrogen and oxygen atoms in total. The summed E-state index contributed by atoms with van der Waals surface area (Å²) in [6.07, 6.45) is 2.53. The zero-order chi connectivity index (χ0) is 13.0. The standard InChI is InChI=1S/C14H16ClNO2/c15-13(10-5-2-1-3-6-10)12(14(16)17)9-11-7-4-8-18-11/h1-3,5-6,11H,4,7-9H2,(H2,16,17)/b13-12+. The zero-order valence-electron chi connectivity index (χ0n) is 10.1. The quantitative estimate of drug-likeness (QED) is 0.851. The third-order valence-corrected chi connectivity index (χ3v) is 3.49. The summed E-state index contributed by atoms with van der Waals surface area (Å²) in [5.74, 6) is -0.473. The number of amides is 1. The first kappa shape index (κ1) is 13.1. The zero-order valence-corrected chi connectivity index (χ0v) is 10.8. The first-order valence-electron chi connectivity index (χ1n) is 6.04. The number of hydrogen-bond donors (Lipinski definition) is 1. The summed E-state index contributed by atoms with van der Waals surface area (Å²) in [4.78, 5) is 11.5. The van der Waals surface area contributed by atoms with E-state index in [0.29, 0.717) is 17.0 Å². The highest BCUT2D eigenvalue weighted by molar-refractivity contribution is 6.51. The van der Waals surface area contributed by atoms with Gasteiger partial charge in [-0.15, -0.1) is 0 Å². The minimum atomic E-state index is -0.473. The van der Waals surface area contributed by atoms with Crippen LogP contribution in [0.3, 0.4) is 0 Å². The fourth-order valence-corrected chi connectivity index (χ4v) is 2.39. The average molecular weight is 266 g/mol. The van der Waals surface area contributed by atoms with Gasteiger partial charge in [-0.05, 0) is 18.4 Å². The van der Waals surface area contributed by atoms with Crippen LogP contribution in [0.15, 0.2) is 35.9 Å². The largest absolute Gasteiger partial charge is 0.378 e. The smallest absolute Gasteiger partial charge is 0.246 e. The van der Waals surface area contributed by atoms with Crippen LogP contribution in [0.1, 0.15) is 24.8 Å². The molecule has 18 heavy (non-hydrogen) atoms. The van der Waals surface area contributed by atoms with Crippen LogP contribution in [0.4, 0.5) is 0 Å². The van der Waals surface area contributed by atoms with E-state index in [0.717, 1.165) is 25.0 Å². The first-order valence-corrected chi connectivity index (χ1v) is 6.41. The van der Waals surface area contributed by atoms with Crippen molar-refractivity contribution >= 4 is 22.5 Å². The van der Waals surface area contributed by atoms with Gasteiger partial charge in [-0.25, -0.2) is 0 Å². The Hall–Kier alpha value is -1.32. The third-order valence-electron chi connectivity index (χ3n) is 3.05. The van der Waals surface area contributed by atoms with Crippen molar-refractivity contribution < 1.29 is 9.53 Å². The lowest BCUT2D eigenvalue weighted by Crippen LogP contribution is -2.19. The van der Waals surface area contributed by atoms with Gasteiger partial charge in [0, 0.05) is 18.6 Å². The van der Waals surface area contributed by atoms with E-state index >= 15 is 0 Å². The number of rotatable bonds is 4. The number of benzene rings is 1. The van der Waals surface area contributed by atoms with E-state index in [4.69, 9.17) is 22.1 Å². The molecule has 0 spiro atoms. The van der Waals surface area contributed by atoms with Crippen molar-refractivity contribution in [1.29, 1.82) is 0 Å². The van der Waals surface area contributed by atoms with E-state index in [9.17, 15) is 4.79 Å². The highest BCUT2D eigenvalue weighted by Crippen LogP contribution is 2.28. The molecule has 96 valence electrons. The lowest BCUT2D eigenvalue weighted by molar-refractivity contribution is -0.114. The molecular weight excluding hydrogens is 250 g/mol. The summed E-state index contributed by atoms with van der Waals surface area (Å²) in [6.45, 7) is 0.750. The summed E-state index contributed by atoms with van der Waals surface area (Å²) in [7, 11) is 0. The average Bonchev–Trinajstić information content (AvgIpc) is 2.89. The molecule has 1 aliphatic rings. The monoisotopic (exact) mass is 265 g/mol. The van der Waals surface area contributed by atoms with Gasteiger partial charge in [-0.1, -0.05) is 41.9 Å². The Morgan fingerprint density at radius 3 is 2.67 bits per heavy atom. The van der Waals surface area contributed by atoms with Crippen LogP contribution < -0.4 is 5.73 Å². The maximum Gasteiger partial charge on any atom is 0.246 e. The highest BCUT2D eigenvalue weighted by Gasteiger charge is 2.22. The summed E-state index contributed by atoms with van der Waals surface area (Å²) < 4.78 is 5.52. The molecule has 1 fully saturated rings. The van der Waals surface area contributed by atoms with Gasteiger partial charge in [0.05, 0.1) is 11.1 Å². The number of primary amides is 1. The molecule has 0 bridgehead atoms. The van der Waals surface area contributed by atoms with E-state index < -0.39 is 5.91 Å². The second kappa shape index (κ2) is 6.03. The Bertz CT molecular complexity index is 450. The fraction of sp³-hybridized carbons (Fsp3) is 0.357. The SMILES string of the molecule is NC(=O)/C(CC1CCCO1)=C(/Cl)c1ccccc1. The molecule has 1 aromatic rings. The normalized spacial score (nSPS) is 20.6. The van der Waals surface area contributed by atoms with Gasteiger partial charge in [-0.2, -0.15) is 0 Å². The summed E-state index contributed by atoms with van der Waals surface area (Å²) in [5, 5.41) is 0.429.